The summed E-state index contributed by atoms with van der Waals surface area (Å²) in [6.45, 7) is 7.75. The Morgan fingerprint density at radius 1 is 0.396 bits per heavy atom. The van der Waals surface area contributed by atoms with Crippen molar-refractivity contribution in [2.24, 2.45) is 0 Å². The second-order valence-corrected chi connectivity index (χ2v) is 12.8. The average molecular weight is 727 g/mol. The van der Waals surface area contributed by atoms with E-state index >= 15 is 0 Å². The topological polar surface area (TPSA) is 229 Å². The highest BCUT2D eigenvalue weighted by Crippen LogP contribution is 2.45. The van der Waals surface area contributed by atoms with Crippen LogP contribution >= 0.6 is 21.6 Å². The SMILES string of the molecule is CC(=O)OC[C@H]1O[C@@H](SS[C@H]2O[C@H](COC(C)=O)[C@@H](OC(C)=O)[C@H](OC(C)=O)[C@@H]2OC(C)=O)[C@H](OC(C)=O)[C@@H](OC(C)=O)[C@@H]1OC(C)=O. The molecule has 0 aromatic rings. The van der Waals surface area contributed by atoms with Gasteiger partial charge in [-0.25, -0.2) is 0 Å². The van der Waals surface area contributed by atoms with Crippen LogP contribution in [0, 0.1) is 0 Å². The molecular weight excluding hydrogens is 688 g/mol. The number of hydrogen-bond acceptors (Lipinski definition) is 20. The predicted molar refractivity (Wildman–Crippen MR) is 159 cm³/mol. The Morgan fingerprint density at radius 2 is 0.646 bits per heavy atom. The number of hydrogen-bond donors (Lipinski definition) is 0. The van der Waals surface area contributed by atoms with Crippen molar-refractivity contribution in [2.75, 3.05) is 13.2 Å². The van der Waals surface area contributed by atoms with Gasteiger partial charge in [0.1, 0.15) is 25.4 Å². The van der Waals surface area contributed by atoms with E-state index in [2.05, 4.69) is 0 Å². The van der Waals surface area contributed by atoms with Gasteiger partial charge in [-0.2, -0.15) is 0 Å². The maximum atomic E-state index is 12.2. The van der Waals surface area contributed by atoms with Crippen LogP contribution in [0.5, 0.6) is 0 Å². The third-order valence-electron chi connectivity index (χ3n) is 6.14. The van der Waals surface area contributed by atoms with Crippen LogP contribution in [0.4, 0.5) is 0 Å². The van der Waals surface area contributed by atoms with Gasteiger partial charge in [0.2, 0.25) is 0 Å². The Labute approximate surface area is 283 Å². The van der Waals surface area contributed by atoms with Crippen LogP contribution in [0.15, 0.2) is 0 Å². The first-order chi connectivity index (χ1) is 22.4. The lowest BCUT2D eigenvalue weighted by Crippen LogP contribution is -2.62. The largest absolute Gasteiger partial charge is 0.463 e. The molecule has 20 heteroatoms. The van der Waals surface area contributed by atoms with E-state index in [1.165, 1.54) is 0 Å². The van der Waals surface area contributed by atoms with Crippen LogP contribution in [-0.2, 0) is 85.7 Å². The van der Waals surface area contributed by atoms with Crippen LogP contribution in [0.2, 0.25) is 0 Å². The Balaban J connectivity index is 2.57. The summed E-state index contributed by atoms with van der Waals surface area (Å²) >= 11 is 0. The minimum atomic E-state index is -1.46. The number of ether oxygens (including phenoxy) is 10. The molecule has 0 radical (unpaired) electrons. The highest BCUT2D eigenvalue weighted by molar-refractivity contribution is 8.77. The van der Waals surface area contributed by atoms with Crippen molar-refractivity contribution in [2.45, 2.75) is 115 Å². The molecule has 0 aromatic heterocycles. The molecule has 2 fully saturated rings. The van der Waals surface area contributed by atoms with Gasteiger partial charge in [-0.15, -0.1) is 0 Å². The summed E-state index contributed by atoms with van der Waals surface area (Å²) in [6, 6.07) is 0. The third-order valence-corrected chi connectivity index (χ3v) is 8.86. The van der Waals surface area contributed by atoms with Crippen LogP contribution in [0.25, 0.3) is 0 Å². The second-order valence-electron chi connectivity index (χ2n) is 10.3. The van der Waals surface area contributed by atoms with Crippen molar-refractivity contribution in [1.82, 2.24) is 0 Å². The van der Waals surface area contributed by atoms with E-state index in [1.807, 2.05) is 0 Å². The molecule has 0 spiro atoms. The molecule has 0 aromatic carbocycles. The van der Waals surface area contributed by atoms with E-state index in [1.54, 1.807) is 0 Å². The molecule has 10 atom stereocenters. The lowest BCUT2D eigenvalue weighted by atomic mass is 9.99. The van der Waals surface area contributed by atoms with E-state index in [9.17, 15) is 38.4 Å². The Morgan fingerprint density at radius 3 is 0.896 bits per heavy atom. The molecule has 2 heterocycles. The van der Waals surface area contributed by atoms with Gasteiger partial charge in [0.15, 0.2) is 47.5 Å². The van der Waals surface area contributed by atoms with Crippen LogP contribution in [-0.4, -0.2) is 121 Å². The second kappa shape index (κ2) is 18.8. The number of carbonyl (C=O) groups is 8. The van der Waals surface area contributed by atoms with Crippen molar-refractivity contribution in [3.05, 3.63) is 0 Å². The van der Waals surface area contributed by atoms with Crippen molar-refractivity contribution in [3.8, 4) is 0 Å². The third kappa shape index (κ3) is 12.8. The van der Waals surface area contributed by atoms with Crippen molar-refractivity contribution >= 4 is 69.3 Å². The number of rotatable bonds is 13. The fourth-order valence-electron chi connectivity index (χ4n) is 4.64. The van der Waals surface area contributed by atoms with Gasteiger partial charge >= 0.3 is 47.8 Å². The molecule has 0 saturated carbocycles. The normalized spacial score (nSPS) is 29.7. The van der Waals surface area contributed by atoms with Gasteiger partial charge in [0.25, 0.3) is 0 Å². The van der Waals surface area contributed by atoms with E-state index in [4.69, 9.17) is 47.4 Å². The molecule has 0 aliphatic carbocycles. The molecule has 0 bridgehead atoms. The summed E-state index contributed by atoms with van der Waals surface area (Å²) in [6.07, 6.45) is -11.1. The van der Waals surface area contributed by atoms with Gasteiger partial charge in [0.05, 0.1) is 0 Å². The maximum Gasteiger partial charge on any atom is 0.303 e. The van der Waals surface area contributed by atoms with Gasteiger partial charge in [0, 0.05) is 55.4 Å². The summed E-state index contributed by atoms with van der Waals surface area (Å²) in [5, 5.41) is 0. The molecule has 2 saturated heterocycles. The van der Waals surface area contributed by atoms with E-state index < -0.39 is 121 Å². The number of carbonyl (C=O) groups excluding carboxylic acids is 8. The predicted octanol–water partition coefficient (Wildman–Crippen LogP) is 0.534. The molecule has 18 nitrogen and oxygen atoms in total. The summed E-state index contributed by atoms with van der Waals surface area (Å²) < 4.78 is 54.9. The molecule has 48 heavy (non-hydrogen) atoms. The molecule has 2 aliphatic heterocycles. The Bertz CT molecular complexity index is 1130. The molecule has 0 amide bonds. The van der Waals surface area contributed by atoms with Crippen LogP contribution in [0.3, 0.4) is 0 Å². The van der Waals surface area contributed by atoms with E-state index in [0.29, 0.717) is 0 Å². The molecule has 270 valence electrons. The summed E-state index contributed by atoms with van der Waals surface area (Å²) in [5.74, 6) is -6.37. The molecule has 2 aliphatic rings. The van der Waals surface area contributed by atoms with E-state index in [-0.39, 0.29) is 0 Å². The molecule has 0 unspecified atom stereocenters. The smallest absolute Gasteiger partial charge is 0.303 e. The quantitative estimate of drug-likeness (QED) is 0.143. The van der Waals surface area contributed by atoms with Crippen LogP contribution < -0.4 is 0 Å². The molecular formula is C28H38O18S2. The minimum Gasteiger partial charge on any atom is -0.463 e. The van der Waals surface area contributed by atoms with Gasteiger partial charge in [-0.3, -0.25) is 38.4 Å². The van der Waals surface area contributed by atoms with Gasteiger partial charge in [-0.05, 0) is 0 Å². The fraction of sp³-hybridized carbons (Fsp3) is 0.714. The summed E-state index contributed by atoms with van der Waals surface area (Å²) in [5.41, 5.74) is -2.55. The monoisotopic (exact) mass is 726 g/mol. The first-order valence-corrected chi connectivity index (χ1v) is 16.6. The van der Waals surface area contributed by atoms with E-state index in [0.717, 1.165) is 77.0 Å². The van der Waals surface area contributed by atoms with Crippen molar-refractivity contribution in [1.29, 1.82) is 0 Å². The Kier molecular flexibility index (Phi) is 15.9. The lowest BCUT2D eigenvalue weighted by molar-refractivity contribution is -0.238. The summed E-state index contributed by atoms with van der Waals surface area (Å²) in [4.78, 5) is 96.1. The zero-order valence-electron chi connectivity index (χ0n) is 27.4. The Hall–Kier alpha value is -3.62. The molecule has 2 rings (SSSR count). The average Bonchev–Trinajstić information content (AvgIpc) is 2.93. The fourth-order valence-corrected chi connectivity index (χ4v) is 7.46. The maximum absolute atomic E-state index is 12.2. The minimum absolute atomic E-state index is 0.474. The van der Waals surface area contributed by atoms with Crippen LogP contribution in [0.1, 0.15) is 55.4 Å². The van der Waals surface area contributed by atoms with Gasteiger partial charge in [-0.1, -0.05) is 21.6 Å². The highest BCUT2D eigenvalue weighted by Gasteiger charge is 2.55. The zero-order valence-corrected chi connectivity index (χ0v) is 29.0. The standard InChI is InChI=1S/C28H38O18S2/c1-11(29)37-9-19-21(39-13(3)31)23(41-15(5)33)25(43-17(7)35)27(45-19)47-48-28-26(44-18(8)36)24(42-16(6)34)22(40-14(4)32)20(46-28)10-38-12(2)30/h19-28H,9-10H2,1-8H3/t19-,20-,21-,22-,23+,24+,25-,26+,27+,28-/m1/s1. The van der Waals surface area contributed by atoms with Crippen molar-refractivity contribution in [3.63, 3.8) is 0 Å². The van der Waals surface area contributed by atoms with Gasteiger partial charge < -0.3 is 47.4 Å². The first kappa shape index (κ1) is 40.6. The summed E-state index contributed by atoms with van der Waals surface area (Å²) in [7, 11) is 1.62. The number of esters is 8. The highest BCUT2D eigenvalue weighted by atomic mass is 33.1. The molecule has 0 N–H and O–H groups in total. The lowest BCUT2D eigenvalue weighted by Gasteiger charge is -2.46. The zero-order chi connectivity index (χ0) is 36.3. The van der Waals surface area contributed by atoms with Crippen molar-refractivity contribution < 1.29 is 85.7 Å². The first-order valence-electron chi connectivity index (χ1n) is 14.3.